The normalized spacial score (nSPS) is 12.4. The average molecular weight is 457 g/mol. The minimum absolute atomic E-state index is 1.19. The molecule has 0 unspecified atom stereocenters. The number of rotatable bonds is 1. The van der Waals surface area contributed by atoms with Gasteiger partial charge in [0.25, 0.3) is 0 Å². The van der Waals surface area contributed by atoms with Crippen LogP contribution >= 0.6 is 0 Å². The maximum absolute atomic E-state index is 2.48. The average Bonchev–Trinajstić information content (AvgIpc) is 3.57. The van der Waals surface area contributed by atoms with Gasteiger partial charge in [-0.3, -0.25) is 0 Å². The van der Waals surface area contributed by atoms with Gasteiger partial charge in [-0.05, 0) is 41.8 Å². The van der Waals surface area contributed by atoms with E-state index in [0.29, 0.717) is 0 Å². The third kappa shape index (κ3) is 2.14. The van der Waals surface area contributed by atoms with Gasteiger partial charge in [0, 0.05) is 43.4 Å². The molecule has 0 aliphatic rings. The lowest BCUT2D eigenvalue weighted by Crippen LogP contribution is -1.94. The van der Waals surface area contributed by atoms with Gasteiger partial charge in [0.05, 0.1) is 27.6 Å². The Morgan fingerprint density at radius 1 is 0.361 bits per heavy atom. The summed E-state index contributed by atoms with van der Waals surface area (Å²) in [6.45, 7) is 0. The Morgan fingerprint density at radius 3 is 1.83 bits per heavy atom. The predicted octanol–water partition coefficient (Wildman–Crippen LogP) is 9.09. The molecule has 9 aromatic rings. The molecule has 0 N–H and O–H groups in total. The van der Waals surface area contributed by atoms with Crippen molar-refractivity contribution in [3.8, 4) is 5.69 Å². The van der Waals surface area contributed by atoms with Crippen LogP contribution in [0.1, 0.15) is 0 Å². The molecule has 0 fully saturated rings. The van der Waals surface area contributed by atoms with Gasteiger partial charge in [0.15, 0.2) is 0 Å². The second-order valence-corrected chi connectivity index (χ2v) is 9.79. The van der Waals surface area contributed by atoms with E-state index in [1.54, 1.807) is 0 Å². The van der Waals surface area contributed by atoms with Crippen LogP contribution in [0.25, 0.3) is 76.4 Å². The molecule has 0 atom stereocenters. The molecule has 2 heteroatoms. The van der Waals surface area contributed by atoms with Crippen molar-refractivity contribution in [1.29, 1.82) is 0 Å². The molecule has 0 bridgehead atoms. The molecule has 0 spiro atoms. The second kappa shape index (κ2) is 6.44. The van der Waals surface area contributed by atoms with Crippen LogP contribution in [0.15, 0.2) is 121 Å². The minimum Gasteiger partial charge on any atom is -0.309 e. The molecule has 166 valence electrons. The summed E-state index contributed by atoms with van der Waals surface area (Å²) in [6.07, 6.45) is 0. The van der Waals surface area contributed by atoms with Crippen LogP contribution in [0.3, 0.4) is 0 Å². The molecule has 2 nitrogen and oxygen atoms in total. The van der Waals surface area contributed by atoms with Gasteiger partial charge in [-0.25, -0.2) is 0 Å². The number of para-hydroxylation sites is 4. The van der Waals surface area contributed by atoms with E-state index in [1.165, 1.54) is 76.4 Å². The first-order valence-corrected chi connectivity index (χ1v) is 12.5. The van der Waals surface area contributed by atoms with Gasteiger partial charge in [-0.15, -0.1) is 0 Å². The molecular weight excluding hydrogens is 436 g/mol. The molecule has 3 aromatic heterocycles. The number of fused-ring (bicyclic) bond motifs is 11. The molecule has 0 radical (unpaired) electrons. The third-order valence-electron chi connectivity index (χ3n) is 8.01. The summed E-state index contributed by atoms with van der Waals surface area (Å²) in [5.74, 6) is 0. The van der Waals surface area contributed by atoms with Gasteiger partial charge in [-0.2, -0.15) is 0 Å². The summed E-state index contributed by atoms with van der Waals surface area (Å²) in [7, 11) is 0. The van der Waals surface area contributed by atoms with Crippen molar-refractivity contribution >= 4 is 70.7 Å². The molecule has 0 saturated carbocycles. The maximum Gasteiger partial charge on any atom is 0.0620 e. The van der Waals surface area contributed by atoms with Crippen molar-refractivity contribution in [2.75, 3.05) is 0 Å². The van der Waals surface area contributed by atoms with Crippen molar-refractivity contribution in [3.05, 3.63) is 121 Å². The highest BCUT2D eigenvalue weighted by molar-refractivity contribution is 6.27. The van der Waals surface area contributed by atoms with E-state index in [9.17, 15) is 0 Å². The standard InChI is InChI=1S/C34H20N2/c1-2-9-22(10-3-1)35-30-15-6-4-12-24(30)27-18-17-21-19-29-26-14-8-13-25-23-11-5-7-16-31(23)36(33(25)26)32(29)20-28(21)34(27)35/h1-20H. The van der Waals surface area contributed by atoms with E-state index in [-0.39, 0.29) is 0 Å². The van der Waals surface area contributed by atoms with Gasteiger partial charge < -0.3 is 8.97 Å². The van der Waals surface area contributed by atoms with Crippen LogP contribution in [0, 0.1) is 0 Å². The number of hydrogen-bond acceptors (Lipinski definition) is 0. The Hall–Kier alpha value is -4.82. The van der Waals surface area contributed by atoms with Gasteiger partial charge in [0.1, 0.15) is 0 Å². The largest absolute Gasteiger partial charge is 0.309 e. The molecule has 3 heterocycles. The van der Waals surface area contributed by atoms with Crippen molar-refractivity contribution < 1.29 is 0 Å². The van der Waals surface area contributed by atoms with Crippen molar-refractivity contribution in [1.82, 2.24) is 8.97 Å². The smallest absolute Gasteiger partial charge is 0.0620 e. The highest BCUT2D eigenvalue weighted by Gasteiger charge is 2.20. The van der Waals surface area contributed by atoms with E-state index in [1.807, 2.05) is 0 Å². The Morgan fingerprint density at radius 2 is 1.00 bits per heavy atom. The molecule has 36 heavy (non-hydrogen) atoms. The SMILES string of the molecule is c1ccc(-n2c3ccccc3c3ccc4cc5c6cccc7c8ccccc8n(c5cc4c32)c76)cc1. The molecular formula is C34H20N2. The fourth-order valence-corrected chi connectivity index (χ4v) is 6.55. The van der Waals surface area contributed by atoms with Crippen LogP contribution < -0.4 is 0 Å². The topological polar surface area (TPSA) is 9.34 Å². The van der Waals surface area contributed by atoms with E-state index in [4.69, 9.17) is 0 Å². The van der Waals surface area contributed by atoms with Crippen LogP contribution in [-0.2, 0) is 0 Å². The monoisotopic (exact) mass is 456 g/mol. The number of nitrogens with zero attached hydrogens (tertiary/aromatic N) is 2. The zero-order valence-electron chi connectivity index (χ0n) is 19.4. The Kier molecular flexibility index (Phi) is 3.31. The highest BCUT2D eigenvalue weighted by atomic mass is 15.0. The zero-order chi connectivity index (χ0) is 23.4. The molecule has 0 saturated heterocycles. The number of aromatic nitrogens is 2. The lowest BCUT2D eigenvalue weighted by Gasteiger charge is -2.10. The summed E-state index contributed by atoms with van der Waals surface area (Å²) >= 11 is 0. The molecule has 0 amide bonds. The fraction of sp³-hybridized carbons (Fsp3) is 0. The van der Waals surface area contributed by atoms with Crippen LogP contribution in [-0.4, -0.2) is 8.97 Å². The summed E-state index contributed by atoms with van der Waals surface area (Å²) in [4.78, 5) is 0. The molecule has 0 aliphatic carbocycles. The van der Waals surface area contributed by atoms with E-state index in [0.717, 1.165) is 0 Å². The highest BCUT2D eigenvalue weighted by Crippen LogP contribution is 2.42. The molecule has 0 aliphatic heterocycles. The Bertz CT molecular complexity index is 2300. The van der Waals surface area contributed by atoms with Crippen LogP contribution in [0.5, 0.6) is 0 Å². The second-order valence-electron chi connectivity index (χ2n) is 9.79. The summed E-state index contributed by atoms with van der Waals surface area (Å²) in [5, 5.41) is 10.4. The summed E-state index contributed by atoms with van der Waals surface area (Å²) in [6, 6.07) is 44.4. The lowest BCUT2D eigenvalue weighted by atomic mass is 10.0. The van der Waals surface area contributed by atoms with E-state index < -0.39 is 0 Å². The number of hydrogen-bond donors (Lipinski definition) is 0. The first-order chi connectivity index (χ1) is 17.9. The maximum atomic E-state index is 2.48. The van der Waals surface area contributed by atoms with E-state index in [2.05, 4.69) is 130 Å². The van der Waals surface area contributed by atoms with Crippen molar-refractivity contribution in [2.45, 2.75) is 0 Å². The minimum atomic E-state index is 1.19. The molecule has 6 aromatic carbocycles. The van der Waals surface area contributed by atoms with Gasteiger partial charge in [0.2, 0.25) is 0 Å². The number of benzene rings is 6. The predicted molar refractivity (Wildman–Crippen MR) is 153 cm³/mol. The van der Waals surface area contributed by atoms with Crippen LogP contribution in [0.4, 0.5) is 0 Å². The fourth-order valence-electron chi connectivity index (χ4n) is 6.55. The van der Waals surface area contributed by atoms with E-state index >= 15 is 0 Å². The van der Waals surface area contributed by atoms with Gasteiger partial charge in [-0.1, -0.05) is 84.9 Å². The first kappa shape index (κ1) is 18.5. The summed E-state index contributed by atoms with van der Waals surface area (Å²) in [5.41, 5.74) is 7.56. The third-order valence-corrected chi connectivity index (χ3v) is 8.01. The molecule has 9 rings (SSSR count). The first-order valence-electron chi connectivity index (χ1n) is 12.5. The lowest BCUT2D eigenvalue weighted by molar-refractivity contribution is 1.19. The Balaban J connectivity index is 1.56. The van der Waals surface area contributed by atoms with Crippen LogP contribution in [0.2, 0.25) is 0 Å². The van der Waals surface area contributed by atoms with Crippen molar-refractivity contribution in [3.63, 3.8) is 0 Å². The zero-order valence-corrected chi connectivity index (χ0v) is 19.4. The summed E-state index contributed by atoms with van der Waals surface area (Å²) < 4.78 is 4.91. The van der Waals surface area contributed by atoms with Gasteiger partial charge >= 0.3 is 0 Å². The Labute approximate surface area is 206 Å². The quantitative estimate of drug-likeness (QED) is 0.233. The van der Waals surface area contributed by atoms with Crippen molar-refractivity contribution in [2.24, 2.45) is 0 Å².